The van der Waals surface area contributed by atoms with Gasteiger partial charge >= 0.3 is 11.7 Å². The second-order valence-corrected chi connectivity index (χ2v) is 6.09. The van der Waals surface area contributed by atoms with Crippen LogP contribution in [0.4, 0.5) is 0 Å². The number of azide groups is 1. The van der Waals surface area contributed by atoms with Crippen molar-refractivity contribution in [3.05, 3.63) is 43.5 Å². The van der Waals surface area contributed by atoms with Crippen LogP contribution in [0.1, 0.15) is 27.0 Å². The van der Waals surface area contributed by atoms with Crippen LogP contribution in [0.15, 0.2) is 27.0 Å². The average molecular weight is 353 g/mol. The molecule has 25 heavy (non-hydrogen) atoms. The summed E-state index contributed by atoms with van der Waals surface area (Å²) < 4.78 is 12.1. The minimum Gasteiger partial charge on any atom is -0.458 e. The number of esters is 1. The Hall–Kier alpha value is -2.62. The van der Waals surface area contributed by atoms with Crippen molar-refractivity contribution in [2.75, 3.05) is 6.61 Å². The third-order valence-electron chi connectivity index (χ3n) is 3.98. The molecule has 11 heteroatoms. The quantitative estimate of drug-likeness (QED) is 0.334. The normalized spacial score (nSPS) is 28.6. The number of H-pyrrole nitrogens is 1. The average Bonchev–Trinajstić information content (AvgIpc) is 2.81. The topological polar surface area (TPSA) is 159 Å². The van der Waals surface area contributed by atoms with Gasteiger partial charge in [-0.1, -0.05) is 25.9 Å². The number of aliphatic hydroxyl groups is 1. The van der Waals surface area contributed by atoms with Crippen molar-refractivity contribution in [3.63, 3.8) is 0 Å². The fourth-order valence-corrected chi connectivity index (χ4v) is 2.66. The van der Waals surface area contributed by atoms with Crippen molar-refractivity contribution in [3.8, 4) is 0 Å². The van der Waals surface area contributed by atoms with Gasteiger partial charge in [-0.3, -0.25) is 19.1 Å². The number of carbonyl (C=O) groups is 1. The molecule has 0 aromatic carbocycles. The molecule has 1 saturated heterocycles. The van der Waals surface area contributed by atoms with Crippen LogP contribution in [-0.2, 0) is 14.3 Å². The van der Waals surface area contributed by atoms with Crippen LogP contribution in [0.25, 0.3) is 10.4 Å². The van der Waals surface area contributed by atoms with E-state index in [0.29, 0.717) is 0 Å². The summed E-state index contributed by atoms with van der Waals surface area (Å²) in [5.41, 5.74) is 5.63. The number of hydrogen-bond acceptors (Lipinski definition) is 7. The number of nitrogens with one attached hydrogen (secondary N) is 1. The Morgan fingerprint density at radius 2 is 2.28 bits per heavy atom. The highest BCUT2D eigenvalue weighted by Crippen LogP contribution is 2.43. The third-order valence-corrected chi connectivity index (χ3v) is 3.98. The van der Waals surface area contributed by atoms with Gasteiger partial charge in [-0.15, -0.1) is 0 Å². The second kappa shape index (κ2) is 7.09. The number of aliphatic hydroxyl groups excluding tert-OH is 1. The summed E-state index contributed by atoms with van der Waals surface area (Å²) in [5, 5.41) is 13.2. The van der Waals surface area contributed by atoms with Gasteiger partial charge in [0.05, 0.1) is 12.5 Å². The molecule has 11 nitrogen and oxygen atoms in total. The lowest BCUT2D eigenvalue weighted by Gasteiger charge is -2.28. The Balaban J connectivity index is 2.49. The molecule has 2 rings (SSSR count). The van der Waals surface area contributed by atoms with E-state index in [1.807, 2.05) is 0 Å². The summed E-state index contributed by atoms with van der Waals surface area (Å²) in [7, 11) is 0. The first-order valence-electron chi connectivity index (χ1n) is 7.62. The first kappa shape index (κ1) is 18.7. The Morgan fingerprint density at radius 1 is 1.60 bits per heavy atom. The van der Waals surface area contributed by atoms with Crippen molar-refractivity contribution in [2.45, 2.75) is 38.8 Å². The van der Waals surface area contributed by atoms with Crippen LogP contribution in [0.2, 0.25) is 0 Å². The molecule has 2 N–H and O–H groups in total. The van der Waals surface area contributed by atoms with E-state index >= 15 is 0 Å². The van der Waals surface area contributed by atoms with Gasteiger partial charge in [0.2, 0.25) is 5.72 Å². The van der Waals surface area contributed by atoms with Crippen LogP contribution in [0.5, 0.6) is 0 Å². The fraction of sp³-hybridized carbons (Fsp3) is 0.643. The molecule has 0 radical (unpaired) electrons. The Bertz CT molecular complexity index is 810. The number of ether oxygens (including phenoxy) is 2. The molecule has 136 valence electrons. The third kappa shape index (κ3) is 3.43. The molecule has 2 heterocycles. The minimum atomic E-state index is -1.88. The Morgan fingerprint density at radius 3 is 2.80 bits per heavy atom. The van der Waals surface area contributed by atoms with E-state index in [9.17, 15) is 19.5 Å². The molecular weight excluding hydrogens is 334 g/mol. The van der Waals surface area contributed by atoms with Crippen LogP contribution < -0.4 is 11.2 Å². The highest BCUT2D eigenvalue weighted by Gasteiger charge is 2.56. The number of carbonyl (C=O) groups excluding carboxylic acids is 1. The zero-order chi connectivity index (χ0) is 18.8. The van der Waals surface area contributed by atoms with Gasteiger partial charge in [0.15, 0.2) is 0 Å². The van der Waals surface area contributed by atoms with E-state index < -0.39 is 53.7 Å². The first-order chi connectivity index (χ1) is 11.8. The van der Waals surface area contributed by atoms with E-state index in [0.717, 1.165) is 10.6 Å². The summed E-state index contributed by atoms with van der Waals surface area (Å²) in [5.74, 6) is -1.67. The molecular formula is C14H19N5O6. The molecule has 4 atom stereocenters. The monoisotopic (exact) mass is 353 g/mol. The maximum absolute atomic E-state index is 12.0. The molecule has 1 aliphatic heterocycles. The number of hydrogen-bond donors (Lipinski definition) is 2. The Labute approximate surface area is 141 Å². The molecule has 1 aliphatic rings. The molecule has 1 aromatic rings. The minimum absolute atomic E-state index is 0.454. The highest BCUT2D eigenvalue weighted by atomic mass is 16.6. The molecule has 0 amide bonds. The molecule has 1 aromatic heterocycles. The number of aromatic nitrogens is 2. The molecule has 0 saturated carbocycles. The molecule has 0 aliphatic carbocycles. The van der Waals surface area contributed by atoms with Crippen molar-refractivity contribution >= 4 is 5.97 Å². The second-order valence-electron chi connectivity index (χ2n) is 6.09. The maximum atomic E-state index is 12.0. The Kier molecular flexibility index (Phi) is 5.31. The number of nitrogens with zero attached hydrogens (tertiary/aromatic N) is 4. The van der Waals surface area contributed by atoms with Gasteiger partial charge in [0.1, 0.15) is 12.3 Å². The summed E-state index contributed by atoms with van der Waals surface area (Å²) >= 11 is 0. The summed E-state index contributed by atoms with van der Waals surface area (Å²) in [6, 6.07) is 1.12. The van der Waals surface area contributed by atoms with Gasteiger partial charge < -0.3 is 14.6 Å². The van der Waals surface area contributed by atoms with E-state index in [4.69, 9.17) is 15.0 Å². The molecule has 1 fully saturated rings. The fourth-order valence-electron chi connectivity index (χ4n) is 2.66. The van der Waals surface area contributed by atoms with Crippen LogP contribution in [0.3, 0.4) is 0 Å². The predicted octanol–water partition coefficient (Wildman–Crippen LogP) is 0.268. The van der Waals surface area contributed by atoms with Crippen molar-refractivity contribution in [1.29, 1.82) is 0 Å². The lowest BCUT2D eigenvalue weighted by atomic mass is 9.97. The number of aromatic amines is 1. The lowest BCUT2D eigenvalue weighted by Crippen LogP contribution is -2.45. The van der Waals surface area contributed by atoms with Crippen LogP contribution >= 0.6 is 0 Å². The lowest BCUT2D eigenvalue weighted by molar-refractivity contribution is -0.170. The van der Waals surface area contributed by atoms with Gasteiger partial charge in [0, 0.05) is 23.1 Å². The molecule has 0 bridgehead atoms. The van der Waals surface area contributed by atoms with E-state index in [1.165, 1.54) is 6.20 Å². The van der Waals surface area contributed by atoms with E-state index in [2.05, 4.69) is 15.0 Å². The first-order valence-corrected chi connectivity index (χ1v) is 7.62. The highest BCUT2D eigenvalue weighted by molar-refractivity contribution is 5.71. The van der Waals surface area contributed by atoms with Crippen molar-refractivity contribution in [2.24, 2.45) is 17.0 Å². The van der Waals surface area contributed by atoms with Crippen LogP contribution in [-0.4, -0.2) is 39.1 Å². The zero-order valence-corrected chi connectivity index (χ0v) is 13.9. The summed E-state index contributed by atoms with van der Waals surface area (Å²) in [4.78, 5) is 40.0. The van der Waals surface area contributed by atoms with E-state index in [-0.39, 0.29) is 0 Å². The standard InChI is InChI=1S/C14H19N5O6/c1-7(2)12(22)24-10-8(3)11(25-14(10,6-20)17-18-15)19-5-4-9(21)16-13(19)23/h4-5,7-8,10-11,20H,6H2,1-3H3,(H,16,21,23)/t8-,10-,11+,14+/m0/s1. The van der Waals surface area contributed by atoms with Crippen molar-refractivity contribution in [1.82, 2.24) is 9.55 Å². The molecule has 0 spiro atoms. The SMILES string of the molecule is CC(C)C(=O)O[C@H]1[C@H](C)[C@H](n2ccc(=O)[nH]c2=O)O[C@@]1(CO)N=[N+]=[N-]. The summed E-state index contributed by atoms with van der Waals surface area (Å²) in [6.07, 6.45) is -0.924. The largest absolute Gasteiger partial charge is 0.458 e. The van der Waals surface area contributed by atoms with Gasteiger partial charge in [-0.2, -0.15) is 0 Å². The van der Waals surface area contributed by atoms with Crippen LogP contribution in [0, 0.1) is 11.8 Å². The van der Waals surface area contributed by atoms with Crippen molar-refractivity contribution < 1.29 is 19.4 Å². The number of rotatable bonds is 5. The van der Waals surface area contributed by atoms with E-state index in [1.54, 1.807) is 20.8 Å². The van der Waals surface area contributed by atoms with Gasteiger partial charge in [-0.05, 0) is 5.53 Å². The smallest absolute Gasteiger partial charge is 0.330 e. The van der Waals surface area contributed by atoms with Gasteiger partial charge in [0.25, 0.3) is 5.56 Å². The zero-order valence-electron chi connectivity index (χ0n) is 13.9. The maximum Gasteiger partial charge on any atom is 0.330 e. The predicted molar refractivity (Wildman–Crippen MR) is 84.3 cm³/mol. The molecule has 0 unspecified atom stereocenters. The van der Waals surface area contributed by atoms with Gasteiger partial charge in [-0.25, -0.2) is 4.79 Å². The summed E-state index contributed by atoms with van der Waals surface area (Å²) in [6.45, 7) is 4.11.